The van der Waals surface area contributed by atoms with Gasteiger partial charge in [-0.15, -0.1) is 5.10 Å². The van der Waals surface area contributed by atoms with Crippen LogP contribution in [0.15, 0.2) is 30.5 Å². The van der Waals surface area contributed by atoms with Crippen molar-refractivity contribution in [2.45, 2.75) is 25.3 Å². The number of benzene rings is 1. The summed E-state index contributed by atoms with van der Waals surface area (Å²) in [6, 6.07) is 7.61. The quantitative estimate of drug-likeness (QED) is 0.709. The van der Waals surface area contributed by atoms with Gasteiger partial charge in [-0.05, 0) is 43.5 Å². The van der Waals surface area contributed by atoms with E-state index in [1.807, 2.05) is 24.3 Å². The predicted molar refractivity (Wildman–Crippen MR) is 95.0 cm³/mol. The van der Waals surface area contributed by atoms with E-state index in [-0.39, 0.29) is 17.9 Å². The van der Waals surface area contributed by atoms with Crippen molar-refractivity contribution in [3.63, 3.8) is 0 Å². The van der Waals surface area contributed by atoms with Crippen LogP contribution in [0.5, 0.6) is 5.75 Å². The first kappa shape index (κ1) is 16.2. The lowest BCUT2D eigenvalue weighted by Crippen LogP contribution is -2.23. The highest BCUT2D eigenvalue weighted by molar-refractivity contribution is 5.77. The molecule has 3 aromatic rings. The number of carbonyl (C=O) groups is 1. The van der Waals surface area contributed by atoms with Crippen molar-refractivity contribution in [1.82, 2.24) is 25.0 Å². The summed E-state index contributed by atoms with van der Waals surface area (Å²) < 4.78 is 6.83. The van der Waals surface area contributed by atoms with Gasteiger partial charge in [0.2, 0.25) is 11.9 Å². The van der Waals surface area contributed by atoms with Gasteiger partial charge < -0.3 is 15.8 Å². The van der Waals surface area contributed by atoms with Crippen molar-refractivity contribution in [2.24, 2.45) is 11.7 Å². The lowest BCUT2D eigenvalue weighted by Gasteiger charge is -2.12. The van der Waals surface area contributed by atoms with Gasteiger partial charge in [0, 0.05) is 12.0 Å². The molecule has 0 spiro atoms. The zero-order valence-electron chi connectivity index (χ0n) is 14.3. The molecule has 3 N–H and O–H groups in total. The van der Waals surface area contributed by atoms with Crippen LogP contribution >= 0.6 is 0 Å². The molecule has 0 radical (unpaired) electrons. The average Bonchev–Trinajstić information content (AvgIpc) is 3.29. The summed E-state index contributed by atoms with van der Waals surface area (Å²) in [6.45, 7) is 0. The van der Waals surface area contributed by atoms with Crippen molar-refractivity contribution in [3.8, 4) is 11.4 Å². The topological polar surface area (TPSA) is 121 Å². The summed E-state index contributed by atoms with van der Waals surface area (Å²) in [5, 5.41) is 11.6. The van der Waals surface area contributed by atoms with E-state index < -0.39 is 0 Å². The highest BCUT2D eigenvalue weighted by atomic mass is 16.5. The van der Waals surface area contributed by atoms with Crippen LogP contribution in [0.4, 0.5) is 5.95 Å². The lowest BCUT2D eigenvalue weighted by atomic mass is 10.1. The second-order valence-electron chi connectivity index (χ2n) is 6.36. The molecule has 0 unspecified atom stereocenters. The molecule has 2 atom stereocenters. The minimum atomic E-state index is -0.243. The maximum absolute atomic E-state index is 11.3. The summed E-state index contributed by atoms with van der Waals surface area (Å²) in [4.78, 5) is 20.2. The van der Waals surface area contributed by atoms with Crippen LogP contribution in [0.2, 0.25) is 0 Å². The van der Waals surface area contributed by atoms with E-state index in [4.69, 9.17) is 10.5 Å². The first-order valence-electron chi connectivity index (χ1n) is 8.43. The zero-order chi connectivity index (χ0) is 18.1. The Hall–Kier alpha value is -3.23. The molecule has 2 aromatic heterocycles. The molecule has 1 aromatic carbocycles. The summed E-state index contributed by atoms with van der Waals surface area (Å²) in [5.74, 6) is 0.931. The Labute approximate surface area is 149 Å². The zero-order valence-corrected chi connectivity index (χ0v) is 14.3. The van der Waals surface area contributed by atoms with Gasteiger partial charge in [-0.3, -0.25) is 4.79 Å². The maximum Gasteiger partial charge on any atom is 0.225 e. The number of ether oxygens (including phenoxy) is 1. The number of hydrogen-bond donors (Lipinski definition) is 2. The van der Waals surface area contributed by atoms with E-state index >= 15 is 0 Å². The number of nitrogens with two attached hydrogens (primary N) is 1. The third kappa shape index (κ3) is 3.03. The monoisotopic (exact) mass is 353 g/mol. The minimum Gasteiger partial charge on any atom is -0.497 e. The Morgan fingerprint density at radius 3 is 2.81 bits per heavy atom. The fourth-order valence-electron chi connectivity index (χ4n) is 3.25. The van der Waals surface area contributed by atoms with Crippen molar-refractivity contribution < 1.29 is 9.53 Å². The van der Waals surface area contributed by atoms with Gasteiger partial charge in [0.05, 0.1) is 19.0 Å². The van der Waals surface area contributed by atoms with E-state index in [0.29, 0.717) is 23.5 Å². The SMILES string of the molecule is COc1ccc(-n2nnc3cnc(N[C@@H]4CC[C@H](C(N)=O)C4)nc32)cc1. The third-order valence-corrected chi connectivity index (χ3v) is 4.68. The van der Waals surface area contributed by atoms with E-state index in [9.17, 15) is 4.79 Å². The van der Waals surface area contributed by atoms with Gasteiger partial charge >= 0.3 is 0 Å². The number of hydrogen-bond acceptors (Lipinski definition) is 7. The Morgan fingerprint density at radius 2 is 2.12 bits per heavy atom. The number of aromatic nitrogens is 5. The number of rotatable bonds is 5. The van der Waals surface area contributed by atoms with E-state index in [0.717, 1.165) is 24.3 Å². The first-order chi connectivity index (χ1) is 12.6. The van der Waals surface area contributed by atoms with Crippen molar-refractivity contribution in [1.29, 1.82) is 0 Å². The summed E-state index contributed by atoms with van der Waals surface area (Å²) >= 11 is 0. The lowest BCUT2D eigenvalue weighted by molar-refractivity contribution is -0.121. The van der Waals surface area contributed by atoms with Crippen LogP contribution in [-0.4, -0.2) is 44.0 Å². The van der Waals surface area contributed by atoms with E-state index in [2.05, 4.69) is 25.6 Å². The van der Waals surface area contributed by atoms with Crippen molar-refractivity contribution in [2.75, 3.05) is 12.4 Å². The molecule has 0 aliphatic heterocycles. The minimum absolute atomic E-state index is 0.0808. The molecule has 0 saturated heterocycles. The summed E-state index contributed by atoms with van der Waals surface area (Å²) in [6.07, 6.45) is 4.00. The number of nitrogens with one attached hydrogen (secondary N) is 1. The highest BCUT2D eigenvalue weighted by Crippen LogP contribution is 2.27. The van der Waals surface area contributed by atoms with Crippen LogP contribution in [0.3, 0.4) is 0 Å². The van der Waals surface area contributed by atoms with Gasteiger partial charge in [-0.1, -0.05) is 5.21 Å². The molecule has 2 heterocycles. The van der Waals surface area contributed by atoms with Crippen LogP contribution in [0.1, 0.15) is 19.3 Å². The van der Waals surface area contributed by atoms with Crippen LogP contribution < -0.4 is 15.8 Å². The summed E-state index contributed by atoms with van der Waals surface area (Å²) in [5.41, 5.74) is 7.43. The van der Waals surface area contributed by atoms with Gasteiger partial charge in [-0.2, -0.15) is 9.67 Å². The number of anilines is 1. The fraction of sp³-hybridized carbons (Fsp3) is 0.353. The normalized spacial score (nSPS) is 19.6. The molecule has 1 aliphatic rings. The molecule has 9 nitrogen and oxygen atoms in total. The number of carbonyl (C=O) groups excluding carboxylic acids is 1. The molecule has 134 valence electrons. The van der Waals surface area contributed by atoms with Gasteiger partial charge in [-0.25, -0.2) is 4.98 Å². The smallest absolute Gasteiger partial charge is 0.225 e. The molecule has 1 amide bonds. The molecular weight excluding hydrogens is 334 g/mol. The van der Waals surface area contributed by atoms with Crippen molar-refractivity contribution >= 4 is 23.0 Å². The number of fused-ring (bicyclic) bond motifs is 1. The van der Waals surface area contributed by atoms with Crippen LogP contribution in [0, 0.1) is 5.92 Å². The Morgan fingerprint density at radius 1 is 1.31 bits per heavy atom. The Bertz CT molecular complexity index is 938. The molecular formula is C17H19N7O2. The maximum atomic E-state index is 11.3. The number of methoxy groups -OCH3 is 1. The van der Waals surface area contributed by atoms with Gasteiger partial charge in [0.15, 0.2) is 11.2 Å². The Balaban J connectivity index is 1.59. The second-order valence-corrected chi connectivity index (χ2v) is 6.36. The second kappa shape index (κ2) is 6.58. The average molecular weight is 353 g/mol. The Kier molecular flexibility index (Phi) is 4.11. The predicted octanol–water partition coefficient (Wildman–Crippen LogP) is 1.28. The van der Waals surface area contributed by atoms with E-state index in [1.165, 1.54) is 0 Å². The highest BCUT2D eigenvalue weighted by Gasteiger charge is 2.28. The largest absolute Gasteiger partial charge is 0.497 e. The molecule has 1 saturated carbocycles. The molecule has 0 bridgehead atoms. The van der Waals surface area contributed by atoms with Crippen molar-refractivity contribution in [3.05, 3.63) is 30.5 Å². The third-order valence-electron chi connectivity index (χ3n) is 4.68. The fourth-order valence-corrected chi connectivity index (χ4v) is 3.25. The summed E-state index contributed by atoms with van der Waals surface area (Å²) in [7, 11) is 1.62. The van der Waals surface area contributed by atoms with Gasteiger partial charge in [0.25, 0.3) is 0 Å². The number of primary amides is 1. The molecule has 26 heavy (non-hydrogen) atoms. The molecule has 9 heteroatoms. The molecule has 1 fully saturated rings. The van der Waals surface area contributed by atoms with E-state index in [1.54, 1.807) is 18.0 Å². The number of nitrogens with zero attached hydrogens (tertiary/aromatic N) is 5. The van der Waals surface area contributed by atoms with Crippen LogP contribution in [-0.2, 0) is 4.79 Å². The standard InChI is InChI=1S/C17H19N7O2/c1-26-13-6-4-12(5-7-13)24-16-14(22-23-24)9-19-17(21-16)20-11-3-2-10(8-11)15(18)25/h4-7,9-11H,2-3,8H2,1H3,(H2,18,25)(H,19,20,21)/t10-,11+/m0/s1. The molecule has 1 aliphatic carbocycles. The number of amides is 1. The first-order valence-corrected chi connectivity index (χ1v) is 8.43. The molecule has 4 rings (SSSR count). The van der Waals surface area contributed by atoms with Gasteiger partial charge in [0.1, 0.15) is 5.75 Å². The van der Waals surface area contributed by atoms with Crippen LogP contribution in [0.25, 0.3) is 16.9 Å².